The molecule has 0 fully saturated rings. The molecule has 0 aromatic rings. The van der Waals surface area contributed by atoms with Gasteiger partial charge in [0.1, 0.15) is 0 Å². The van der Waals surface area contributed by atoms with E-state index in [0.29, 0.717) is 12.5 Å². The van der Waals surface area contributed by atoms with Gasteiger partial charge in [-0.05, 0) is 19.8 Å². The number of amides is 1. The Morgan fingerprint density at radius 2 is 2.15 bits per heavy atom. The highest BCUT2D eigenvalue weighted by molar-refractivity contribution is 6.01. The van der Waals surface area contributed by atoms with Gasteiger partial charge in [-0.2, -0.15) is 4.99 Å². The molecule has 3 nitrogen and oxygen atoms in total. The zero-order chi connectivity index (χ0) is 9.26. The van der Waals surface area contributed by atoms with E-state index in [2.05, 4.69) is 17.1 Å². The smallest absolute Gasteiger partial charge is 0.252 e. The van der Waals surface area contributed by atoms with Gasteiger partial charge in [0, 0.05) is 0 Å². The number of aliphatic imine (C=N–C) groups is 1. The lowest BCUT2D eigenvalue weighted by atomic mass is 9.84. The predicted molar refractivity (Wildman–Crippen MR) is 49.4 cm³/mol. The summed E-state index contributed by atoms with van der Waals surface area (Å²) in [6, 6.07) is 0. The summed E-state index contributed by atoms with van der Waals surface area (Å²) in [4.78, 5) is 15.3. The van der Waals surface area contributed by atoms with Gasteiger partial charge >= 0.3 is 0 Å². The number of ether oxygens (including phenoxy) is 1. The molecule has 0 spiro atoms. The van der Waals surface area contributed by atoms with Crippen molar-refractivity contribution in [1.82, 2.24) is 0 Å². The van der Waals surface area contributed by atoms with Gasteiger partial charge in [-0.15, -0.1) is 0 Å². The van der Waals surface area contributed by atoms with Crippen molar-refractivity contribution in [3.8, 4) is 0 Å². The molecule has 0 unspecified atom stereocenters. The maximum absolute atomic E-state index is 11.4. The van der Waals surface area contributed by atoms with Crippen LogP contribution in [0, 0.1) is 11.8 Å². The summed E-state index contributed by atoms with van der Waals surface area (Å²) in [6.07, 6.45) is 5.89. The van der Waals surface area contributed by atoms with Crippen LogP contribution in [-0.4, -0.2) is 18.4 Å². The summed E-state index contributed by atoms with van der Waals surface area (Å²) in [5, 5.41) is 0. The first-order valence-electron chi connectivity index (χ1n) is 4.73. The fourth-order valence-corrected chi connectivity index (χ4v) is 1.92. The Bertz CT molecular complexity index is 281. The maximum atomic E-state index is 11.4. The average molecular weight is 179 g/mol. The van der Waals surface area contributed by atoms with Crippen molar-refractivity contribution in [1.29, 1.82) is 0 Å². The normalized spacial score (nSPS) is 31.5. The number of rotatable bonds is 1. The molecular formula is C10H13NO2. The van der Waals surface area contributed by atoms with E-state index in [1.165, 1.54) is 0 Å². The zero-order valence-electron chi connectivity index (χ0n) is 7.69. The third-order valence-corrected chi connectivity index (χ3v) is 2.58. The fraction of sp³-hybridized carbons (Fsp3) is 0.600. The summed E-state index contributed by atoms with van der Waals surface area (Å²) in [7, 11) is 0. The van der Waals surface area contributed by atoms with E-state index in [9.17, 15) is 4.79 Å². The van der Waals surface area contributed by atoms with Crippen molar-refractivity contribution in [2.45, 2.75) is 19.8 Å². The zero-order valence-corrected chi connectivity index (χ0v) is 7.69. The van der Waals surface area contributed by atoms with E-state index < -0.39 is 0 Å². The van der Waals surface area contributed by atoms with E-state index in [1.807, 2.05) is 6.92 Å². The number of hydrogen-bond donors (Lipinski definition) is 0. The average Bonchev–Trinajstić information content (AvgIpc) is 2.46. The SMILES string of the molecule is CCOC1=NC(=O)[C@H]2CC=CC[C@@H]12. The maximum Gasteiger partial charge on any atom is 0.252 e. The largest absolute Gasteiger partial charge is 0.481 e. The summed E-state index contributed by atoms with van der Waals surface area (Å²) in [5.41, 5.74) is 0. The molecule has 1 aliphatic heterocycles. The summed E-state index contributed by atoms with van der Waals surface area (Å²) < 4.78 is 5.34. The van der Waals surface area contributed by atoms with Crippen molar-refractivity contribution in [2.75, 3.05) is 6.61 Å². The lowest BCUT2D eigenvalue weighted by Crippen LogP contribution is -2.23. The van der Waals surface area contributed by atoms with Gasteiger partial charge < -0.3 is 4.74 Å². The lowest BCUT2D eigenvalue weighted by Gasteiger charge is -2.19. The van der Waals surface area contributed by atoms with Gasteiger partial charge in [-0.3, -0.25) is 4.79 Å². The number of allylic oxidation sites excluding steroid dienone is 2. The molecule has 0 saturated heterocycles. The molecule has 0 N–H and O–H groups in total. The Kier molecular flexibility index (Phi) is 2.17. The molecule has 1 amide bonds. The van der Waals surface area contributed by atoms with Crippen LogP contribution < -0.4 is 0 Å². The van der Waals surface area contributed by atoms with Gasteiger partial charge in [-0.1, -0.05) is 12.2 Å². The second-order valence-electron chi connectivity index (χ2n) is 3.38. The molecule has 0 radical (unpaired) electrons. The quantitative estimate of drug-likeness (QED) is 0.573. The second-order valence-corrected chi connectivity index (χ2v) is 3.38. The third kappa shape index (κ3) is 1.39. The van der Waals surface area contributed by atoms with Gasteiger partial charge in [0.25, 0.3) is 5.91 Å². The first kappa shape index (κ1) is 8.48. The van der Waals surface area contributed by atoms with Crippen LogP contribution in [0.25, 0.3) is 0 Å². The number of nitrogens with zero attached hydrogens (tertiary/aromatic N) is 1. The minimum absolute atomic E-state index is 0.00204. The summed E-state index contributed by atoms with van der Waals surface area (Å²) in [6.45, 7) is 2.51. The van der Waals surface area contributed by atoms with E-state index in [0.717, 1.165) is 12.8 Å². The Balaban J connectivity index is 2.17. The molecule has 0 bridgehead atoms. The number of carbonyl (C=O) groups excluding carboxylic acids is 1. The highest BCUT2D eigenvalue weighted by Crippen LogP contribution is 2.32. The van der Waals surface area contributed by atoms with Gasteiger partial charge in [-0.25, -0.2) is 0 Å². The first-order valence-corrected chi connectivity index (χ1v) is 4.73. The Labute approximate surface area is 77.5 Å². The van der Waals surface area contributed by atoms with Crippen LogP contribution in [0.4, 0.5) is 0 Å². The summed E-state index contributed by atoms with van der Waals surface area (Å²) in [5.74, 6) is 0.934. The molecule has 0 aromatic heterocycles. The van der Waals surface area contributed by atoms with Gasteiger partial charge in [0.2, 0.25) is 0 Å². The number of hydrogen-bond acceptors (Lipinski definition) is 2. The van der Waals surface area contributed by atoms with Crippen LogP contribution in [0.2, 0.25) is 0 Å². The van der Waals surface area contributed by atoms with Crippen molar-refractivity contribution >= 4 is 11.8 Å². The van der Waals surface area contributed by atoms with Crippen LogP contribution in [0.15, 0.2) is 17.1 Å². The summed E-state index contributed by atoms with van der Waals surface area (Å²) >= 11 is 0. The number of carbonyl (C=O) groups is 1. The van der Waals surface area contributed by atoms with Crippen LogP contribution in [0.1, 0.15) is 19.8 Å². The molecule has 13 heavy (non-hydrogen) atoms. The standard InChI is InChI=1S/C10H13NO2/c1-2-13-10-8-6-4-3-5-7(8)9(12)11-10/h3-4,7-8H,2,5-6H2,1H3/t7-,8+/m0/s1. The first-order chi connectivity index (χ1) is 6.33. The predicted octanol–water partition coefficient (Wildman–Crippen LogP) is 1.54. The Morgan fingerprint density at radius 1 is 1.46 bits per heavy atom. The van der Waals surface area contributed by atoms with Crippen molar-refractivity contribution in [3.05, 3.63) is 12.2 Å². The monoisotopic (exact) mass is 179 g/mol. The van der Waals surface area contributed by atoms with Crippen LogP contribution in [0.3, 0.4) is 0 Å². The molecule has 2 aliphatic rings. The molecule has 0 aromatic carbocycles. The second kappa shape index (κ2) is 3.32. The van der Waals surface area contributed by atoms with Gasteiger partial charge in [0.15, 0.2) is 5.90 Å². The molecule has 70 valence electrons. The van der Waals surface area contributed by atoms with Crippen LogP contribution in [-0.2, 0) is 9.53 Å². The van der Waals surface area contributed by atoms with E-state index in [1.54, 1.807) is 0 Å². The number of fused-ring (bicyclic) bond motifs is 1. The molecule has 0 saturated carbocycles. The molecule has 2 rings (SSSR count). The van der Waals surface area contributed by atoms with E-state index in [4.69, 9.17) is 4.74 Å². The molecule has 2 atom stereocenters. The van der Waals surface area contributed by atoms with E-state index in [-0.39, 0.29) is 17.7 Å². The van der Waals surface area contributed by atoms with E-state index >= 15 is 0 Å². The minimum Gasteiger partial charge on any atom is -0.481 e. The Morgan fingerprint density at radius 3 is 2.85 bits per heavy atom. The van der Waals surface area contributed by atoms with Crippen LogP contribution >= 0.6 is 0 Å². The highest BCUT2D eigenvalue weighted by Gasteiger charge is 2.39. The van der Waals surface area contributed by atoms with Crippen molar-refractivity contribution in [2.24, 2.45) is 16.8 Å². The minimum atomic E-state index is -0.00204. The fourth-order valence-electron chi connectivity index (χ4n) is 1.92. The highest BCUT2D eigenvalue weighted by atomic mass is 16.5. The molecule has 1 heterocycles. The molecular weight excluding hydrogens is 166 g/mol. The van der Waals surface area contributed by atoms with Crippen molar-refractivity contribution in [3.63, 3.8) is 0 Å². The molecule has 3 heteroatoms. The van der Waals surface area contributed by atoms with Gasteiger partial charge in [0.05, 0.1) is 18.4 Å². The lowest BCUT2D eigenvalue weighted by molar-refractivity contribution is -0.121. The Hall–Kier alpha value is -1.12. The topological polar surface area (TPSA) is 38.7 Å². The third-order valence-electron chi connectivity index (χ3n) is 2.58. The van der Waals surface area contributed by atoms with Crippen LogP contribution in [0.5, 0.6) is 0 Å². The van der Waals surface area contributed by atoms with Crippen molar-refractivity contribution < 1.29 is 9.53 Å². The molecule has 1 aliphatic carbocycles.